The summed E-state index contributed by atoms with van der Waals surface area (Å²) in [4.78, 5) is 10.6. The van der Waals surface area contributed by atoms with Gasteiger partial charge in [-0.3, -0.25) is 4.79 Å². The van der Waals surface area contributed by atoms with E-state index in [1.54, 1.807) is 0 Å². The Labute approximate surface area is 104 Å². The Balaban J connectivity index is 0.000000302. The highest BCUT2D eigenvalue weighted by Gasteiger charge is 2.10. The van der Waals surface area contributed by atoms with Crippen LogP contribution in [-0.2, 0) is 4.79 Å². The van der Waals surface area contributed by atoms with Crippen LogP contribution in [0.1, 0.15) is 26.3 Å². The van der Waals surface area contributed by atoms with Crippen LogP contribution in [-0.4, -0.2) is 11.4 Å². The van der Waals surface area contributed by atoms with Gasteiger partial charge in [-0.1, -0.05) is 49.6 Å². The molecule has 1 N–H and O–H groups in total. The molecule has 2 nitrogen and oxygen atoms in total. The number of nitrogens with one attached hydrogen (secondary N) is 1. The minimum atomic E-state index is -0.148. The van der Waals surface area contributed by atoms with E-state index in [1.807, 2.05) is 57.2 Å². The number of hydrogen-bond donors (Lipinski definition) is 1. The van der Waals surface area contributed by atoms with Crippen LogP contribution in [0.4, 0.5) is 0 Å². The summed E-state index contributed by atoms with van der Waals surface area (Å²) in [6.45, 7) is 12.7. The first kappa shape index (κ1) is 15.2. The lowest BCUT2D eigenvalue weighted by Crippen LogP contribution is -2.39. The van der Waals surface area contributed by atoms with E-state index in [1.165, 1.54) is 11.6 Å². The van der Waals surface area contributed by atoms with Crippen molar-refractivity contribution in [3.8, 4) is 0 Å². The number of carbonyl (C=O) groups is 1. The van der Waals surface area contributed by atoms with Gasteiger partial charge >= 0.3 is 0 Å². The Kier molecular flexibility index (Phi) is 6.64. The van der Waals surface area contributed by atoms with E-state index in [9.17, 15) is 4.79 Å². The Bertz CT molecular complexity index is 360. The van der Waals surface area contributed by atoms with E-state index in [2.05, 4.69) is 18.5 Å². The summed E-state index contributed by atoms with van der Waals surface area (Å²) in [5.74, 6) is -0.123. The molecule has 0 saturated carbocycles. The molecule has 1 aromatic carbocycles. The minimum Gasteiger partial charge on any atom is -0.348 e. The standard InChI is InChI=1S/C8H8.C7H13NO/c1-2-8-6-4-3-5-7-8;1-5-6(9)8-7(2,3)4/h2-7H,1H2;5H,1H2,2-4H3,(H,8,9). The van der Waals surface area contributed by atoms with Gasteiger partial charge in [0.25, 0.3) is 0 Å². The molecule has 17 heavy (non-hydrogen) atoms. The smallest absolute Gasteiger partial charge is 0.243 e. The van der Waals surface area contributed by atoms with Crippen molar-refractivity contribution in [2.75, 3.05) is 0 Å². The Morgan fingerprint density at radius 3 is 1.94 bits per heavy atom. The molecular weight excluding hydrogens is 210 g/mol. The van der Waals surface area contributed by atoms with Crippen molar-refractivity contribution in [1.82, 2.24) is 5.32 Å². The maximum Gasteiger partial charge on any atom is 0.243 e. The molecule has 0 saturated heterocycles. The molecule has 0 aromatic heterocycles. The largest absolute Gasteiger partial charge is 0.348 e. The molecule has 2 heteroatoms. The van der Waals surface area contributed by atoms with Crippen molar-refractivity contribution in [2.45, 2.75) is 26.3 Å². The average Bonchev–Trinajstić information content (AvgIpc) is 2.28. The second-order valence-corrected chi connectivity index (χ2v) is 4.56. The molecule has 0 spiro atoms. The topological polar surface area (TPSA) is 29.1 Å². The van der Waals surface area contributed by atoms with Crippen LogP contribution in [0.25, 0.3) is 6.08 Å². The van der Waals surface area contributed by atoms with Gasteiger partial charge in [-0.15, -0.1) is 0 Å². The Morgan fingerprint density at radius 2 is 1.71 bits per heavy atom. The fourth-order valence-electron chi connectivity index (χ4n) is 1.01. The average molecular weight is 231 g/mol. The van der Waals surface area contributed by atoms with Crippen LogP contribution in [0.15, 0.2) is 49.6 Å². The van der Waals surface area contributed by atoms with Gasteiger partial charge in [0.15, 0.2) is 0 Å². The lowest BCUT2D eigenvalue weighted by atomic mass is 10.1. The normalized spacial score (nSPS) is 9.59. The number of carbonyl (C=O) groups excluding carboxylic acids is 1. The maximum absolute atomic E-state index is 10.6. The van der Waals surface area contributed by atoms with Crippen LogP contribution < -0.4 is 5.32 Å². The minimum absolute atomic E-state index is 0.123. The molecule has 0 fully saturated rings. The monoisotopic (exact) mass is 231 g/mol. The van der Waals surface area contributed by atoms with Gasteiger partial charge in [-0.05, 0) is 32.4 Å². The summed E-state index contributed by atoms with van der Waals surface area (Å²) < 4.78 is 0. The van der Waals surface area contributed by atoms with Crippen LogP contribution in [0.3, 0.4) is 0 Å². The van der Waals surface area contributed by atoms with E-state index < -0.39 is 0 Å². The van der Waals surface area contributed by atoms with Crippen molar-refractivity contribution >= 4 is 12.0 Å². The molecular formula is C15H21NO. The maximum atomic E-state index is 10.6. The third kappa shape index (κ3) is 9.12. The van der Waals surface area contributed by atoms with E-state index in [4.69, 9.17) is 0 Å². The molecule has 0 radical (unpaired) electrons. The lowest BCUT2D eigenvalue weighted by Gasteiger charge is -2.18. The highest BCUT2D eigenvalue weighted by molar-refractivity contribution is 5.87. The van der Waals surface area contributed by atoms with Gasteiger partial charge in [-0.2, -0.15) is 0 Å². The fraction of sp³-hybridized carbons (Fsp3) is 0.267. The van der Waals surface area contributed by atoms with Gasteiger partial charge in [0.1, 0.15) is 0 Å². The van der Waals surface area contributed by atoms with Gasteiger partial charge in [0, 0.05) is 5.54 Å². The number of amides is 1. The van der Waals surface area contributed by atoms with Crippen LogP contribution in [0.5, 0.6) is 0 Å². The van der Waals surface area contributed by atoms with E-state index in [-0.39, 0.29) is 11.4 Å². The summed E-state index contributed by atoms with van der Waals surface area (Å²) in [6.07, 6.45) is 3.10. The fourth-order valence-corrected chi connectivity index (χ4v) is 1.01. The molecule has 92 valence electrons. The van der Waals surface area contributed by atoms with Gasteiger partial charge < -0.3 is 5.32 Å². The molecule has 0 aliphatic carbocycles. The number of rotatable bonds is 2. The molecule has 0 aliphatic heterocycles. The zero-order valence-electron chi connectivity index (χ0n) is 10.9. The second kappa shape index (κ2) is 7.44. The molecule has 1 amide bonds. The first-order valence-electron chi connectivity index (χ1n) is 5.51. The molecule has 0 bridgehead atoms. The third-order valence-electron chi connectivity index (χ3n) is 1.72. The zero-order valence-corrected chi connectivity index (χ0v) is 10.9. The van der Waals surface area contributed by atoms with Crippen LogP contribution in [0.2, 0.25) is 0 Å². The SMILES string of the molecule is C=CC(=O)NC(C)(C)C.C=Cc1ccccc1. The summed E-state index contributed by atoms with van der Waals surface area (Å²) >= 11 is 0. The summed E-state index contributed by atoms with van der Waals surface area (Å²) in [5, 5.41) is 2.71. The summed E-state index contributed by atoms with van der Waals surface area (Å²) in [6, 6.07) is 10.0. The molecule has 1 aromatic rings. The molecule has 1 rings (SSSR count). The van der Waals surface area contributed by atoms with Crippen molar-refractivity contribution in [2.24, 2.45) is 0 Å². The Morgan fingerprint density at radius 1 is 1.18 bits per heavy atom. The molecule has 0 heterocycles. The van der Waals surface area contributed by atoms with Crippen molar-refractivity contribution in [1.29, 1.82) is 0 Å². The lowest BCUT2D eigenvalue weighted by molar-refractivity contribution is -0.117. The van der Waals surface area contributed by atoms with Crippen LogP contribution in [0, 0.1) is 0 Å². The van der Waals surface area contributed by atoms with E-state index in [0.717, 1.165) is 0 Å². The first-order valence-corrected chi connectivity index (χ1v) is 5.51. The molecule has 0 atom stereocenters. The highest BCUT2D eigenvalue weighted by atomic mass is 16.1. The quantitative estimate of drug-likeness (QED) is 0.776. The van der Waals surface area contributed by atoms with Gasteiger partial charge in [-0.25, -0.2) is 0 Å². The molecule has 0 aliphatic rings. The van der Waals surface area contributed by atoms with E-state index in [0.29, 0.717) is 0 Å². The van der Waals surface area contributed by atoms with Crippen molar-refractivity contribution in [3.05, 3.63) is 55.1 Å². The zero-order chi connectivity index (χ0) is 13.3. The number of benzene rings is 1. The van der Waals surface area contributed by atoms with Crippen molar-refractivity contribution in [3.63, 3.8) is 0 Å². The third-order valence-corrected chi connectivity index (χ3v) is 1.72. The van der Waals surface area contributed by atoms with Gasteiger partial charge in [0.05, 0.1) is 0 Å². The predicted octanol–water partition coefficient (Wildman–Crippen LogP) is 3.42. The predicted molar refractivity (Wildman–Crippen MR) is 74.6 cm³/mol. The molecule has 0 unspecified atom stereocenters. The number of hydrogen-bond acceptors (Lipinski definition) is 1. The Hall–Kier alpha value is -1.83. The van der Waals surface area contributed by atoms with Crippen LogP contribution >= 0.6 is 0 Å². The highest BCUT2D eigenvalue weighted by Crippen LogP contribution is 1.97. The van der Waals surface area contributed by atoms with Gasteiger partial charge in [0.2, 0.25) is 5.91 Å². The second-order valence-electron chi connectivity index (χ2n) is 4.56. The summed E-state index contributed by atoms with van der Waals surface area (Å²) in [5.41, 5.74) is 1.03. The van der Waals surface area contributed by atoms with Crippen molar-refractivity contribution < 1.29 is 4.79 Å². The summed E-state index contributed by atoms with van der Waals surface area (Å²) in [7, 11) is 0. The first-order chi connectivity index (χ1) is 7.89. The van der Waals surface area contributed by atoms with E-state index >= 15 is 0 Å².